The number of esters is 1. The second kappa shape index (κ2) is 10.1. The van der Waals surface area contributed by atoms with Crippen molar-refractivity contribution < 1.29 is 19.4 Å². The van der Waals surface area contributed by atoms with Gasteiger partial charge in [0.15, 0.2) is 5.96 Å². The van der Waals surface area contributed by atoms with Crippen LogP contribution in [0.2, 0.25) is 0 Å². The first-order valence-electron chi connectivity index (χ1n) is 7.80. The second-order valence-electron chi connectivity index (χ2n) is 5.51. The van der Waals surface area contributed by atoms with Crippen LogP contribution < -0.4 is 22.5 Å². The van der Waals surface area contributed by atoms with Crippen molar-refractivity contribution in [1.29, 1.82) is 0 Å². The minimum absolute atomic E-state index is 0.0328. The van der Waals surface area contributed by atoms with Gasteiger partial charge in [0.2, 0.25) is 5.91 Å². The molecule has 0 aliphatic carbocycles. The summed E-state index contributed by atoms with van der Waals surface area (Å²) in [6.45, 7) is 0.339. The van der Waals surface area contributed by atoms with Crippen LogP contribution in [0.3, 0.4) is 0 Å². The number of methoxy groups -OCH3 is 1. The van der Waals surface area contributed by atoms with Gasteiger partial charge in [-0.2, -0.15) is 0 Å². The van der Waals surface area contributed by atoms with Crippen LogP contribution in [0.5, 0.6) is 5.75 Å². The number of hydrogen-bond acceptors (Lipinski definition) is 6. The number of rotatable bonds is 9. The van der Waals surface area contributed by atoms with Gasteiger partial charge in [-0.3, -0.25) is 9.79 Å². The number of carbonyl (C=O) groups is 2. The number of nitrogens with zero attached hydrogens (tertiary/aromatic N) is 1. The SMILES string of the molecule is COC(=O)[C@@H](CCCN=C(N)N)NC(=O)C(N)Cc1ccc(O)cc1. The van der Waals surface area contributed by atoms with Crippen LogP contribution in [-0.2, 0) is 20.7 Å². The Labute approximate surface area is 146 Å². The lowest BCUT2D eigenvalue weighted by Crippen LogP contribution is -2.49. The molecule has 0 aliphatic heterocycles. The first-order chi connectivity index (χ1) is 11.8. The van der Waals surface area contributed by atoms with Crippen LogP contribution in [-0.4, -0.2) is 48.7 Å². The fourth-order valence-electron chi connectivity index (χ4n) is 2.15. The minimum Gasteiger partial charge on any atom is -0.508 e. The molecule has 9 heteroatoms. The number of amides is 1. The summed E-state index contributed by atoms with van der Waals surface area (Å²) in [7, 11) is 1.24. The summed E-state index contributed by atoms with van der Waals surface area (Å²) in [5.41, 5.74) is 17.1. The maximum Gasteiger partial charge on any atom is 0.328 e. The number of nitrogens with one attached hydrogen (secondary N) is 1. The fraction of sp³-hybridized carbons (Fsp3) is 0.438. The van der Waals surface area contributed by atoms with Crippen LogP contribution in [0, 0.1) is 0 Å². The lowest BCUT2D eigenvalue weighted by molar-refractivity contribution is -0.145. The number of phenolic OH excluding ortho intramolecular Hbond substituents is 1. The van der Waals surface area contributed by atoms with Gasteiger partial charge in [0, 0.05) is 6.54 Å². The highest BCUT2D eigenvalue weighted by Crippen LogP contribution is 2.11. The van der Waals surface area contributed by atoms with Crippen molar-refractivity contribution in [2.45, 2.75) is 31.3 Å². The Hall–Kier alpha value is -2.81. The first kappa shape index (κ1) is 20.2. The molecule has 0 aromatic heterocycles. The van der Waals surface area contributed by atoms with Gasteiger partial charge in [0.05, 0.1) is 13.2 Å². The molecule has 0 heterocycles. The Balaban J connectivity index is 2.58. The van der Waals surface area contributed by atoms with Crippen molar-refractivity contribution in [3.8, 4) is 5.75 Å². The normalized spacial score (nSPS) is 12.7. The van der Waals surface area contributed by atoms with E-state index in [9.17, 15) is 14.7 Å². The standard InChI is InChI=1S/C16H25N5O4/c1-25-15(24)13(3-2-8-20-16(18)19)21-14(23)12(17)9-10-4-6-11(22)7-5-10/h4-7,12-13,22H,2-3,8-9,17H2,1H3,(H,21,23)(H4,18,19,20)/t12?,13-/m1/s1. The number of hydrogen-bond donors (Lipinski definition) is 5. The van der Waals surface area contributed by atoms with Crippen LogP contribution in [0.25, 0.3) is 0 Å². The van der Waals surface area contributed by atoms with Gasteiger partial charge in [-0.25, -0.2) is 4.79 Å². The van der Waals surface area contributed by atoms with E-state index in [1.54, 1.807) is 12.1 Å². The van der Waals surface area contributed by atoms with Gasteiger partial charge in [0.1, 0.15) is 11.8 Å². The van der Waals surface area contributed by atoms with Gasteiger partial charge in [-0.15, -0.1) is 0 Å². The van der Waals surface area contributed by atoms with Crippen molar-refractivity contribution in [3.05, 3.63) is 29.8 Å². The molecule has 1 aromatic carbocycles. The van der Waals surface area contributed by atoms with E-state index in [1.165, 1.54) is 19.2 Å². The molecule has 1 unspecified atom stereocenters. The number of guanidine groups is 1. The third-order valence-corrected chi connectivity index (χ3v) is 3.48. The molecule has 0 spiro atoms. The lowest BCUT2D eigenvalue weighted by Gasteiger charge is -2.19. The molecule has 0 bridgehead atoms. The van der Waals surface area contributed by atoms with Crippen LogP contribution in [0.15, 0.2) is 29.3 Å². The number of nitrogens with two attached hydrogens (primary N) is 3. The van der Waals surface area contributed by atoms with Crippen LogP contribution in [0.4, 0.5) is 0 Å². The predicted molar refractivity (Wildman–Crippen MR) is 93.6 cm³/mol. The molecule has 25 heavy (non-hydrogen) atoms. The lowest BCUT2D eigenvalue weighted by atomic mass is 10.0. The highest BCUT2D eigenvalue weighted by atomic mass is 16.5. The van der Waals surface area contributed by atoms with Crippen LogP contribution >= 0.6 is 0 Å². The van der Waals surface area contributed by atoms with E-state index in [4.69, 9.17) is 21.9 Å². The van der Waals surface area contributed by atoms with E-state index >= 15 is 0 Å². The summed E-state index contributed by atoms with van der Waals surface area (Å²) in [5.74, 6) is -0.928. The summed E-state index contributed by atoms with van der Waals surface area (Å²) in [6, 6.07) is 4.72. The summed E-state index contributed by atoms with van der Waals surface area (Å²) in [6.07, 6.45) is 1.08. The number of aliphatic imine (C=N–C) groups is 1. The number of carbonyl (C=O) groups excluding carboxylic acids is 2. The van der Waals surface area contributed by atoms with Crippen molar-refractivity contribution in [3.63, 3.8) is 0 Å². The van der Waals surface area contributed by atoms with E-state index in [2.05, 4.69) is 10.3 Å². The molecule has 2 atom stereocenters. The maximum absolute atomic E-state index is 12.2. The summed E-state index contributed by atoms with van der Waals surface area (Å²) >= 11 is 0. The molecule has 1 amide bonds. The Morgan fingerprint density at radius 3 is 2.48 bits per heavy atom. The Bertz CT molecular complexity index is 599. The van der Waals surface area contributed by atoms with E-state index in [0.29, 0.717) is 19.4 Å². The predicted octanol–water partition coefficient (Wildman–Crippen LogP) is -1.03. The summed E-state index contributed by atoms with van der Waals surface area (Å²) in [4.78, 5) is 27.8. The minimum atomic E-state index is -0.839. The van der Waals surface area contributed by atoms with Crippen molar-refractivity contribution >= 4 is 17.8 Å². The number of benzene rings is 1. The largest absolute Gasteiger partial charge is 0.508 e. The molecule has 0 fully saturated rings. The van der Waals surface area contributed by atoms with Gasteiger partial charge in [0.25, 0.3) is 0 Å². The third-order valence-electron chi connectivity index (χ3n) is 3.48. The smallest absolute Gasteiger partial charge is 0.328 e. The van der Waals surface area contributed by atoms with Gasteiger partial charge in [-0.1, -0.05) is 12.1 Å². The maximum atomic E-state index is 12.2. The van der Waals surface area contributed by atoms with Gasteiger partial charge < -0.3 is 32.4 Å². The molecule has 0 aliphatic rings. The van der Waals surface area contributed by atoms with Crippen LogP contribution in [0.1, 0.15) is 18.4 Å². The van der Waals surface area contributed by atoms with E-state index in [1.807, 2.05) is 0 Å². The zero-order valence-corrected chi connectivity index (χ0v) is 14.1. The third kappa shape index (κ3) is 7.53. The molecule has 138 valence electrons. The highest BCUT2D eigenvalue weighted by Gasteiger charge is 2.24. The zero-order chi connectivity index (χ0) is 18.8. The van der Waals surface area contributed by atoms with E-state index in [-0.39, 0.29) is 18.1 Å². The molecular weight excluding hydrogens is 326 g/mol. The molecule has 0 saturated heterocycles. The summed E-state index contributed by atoms with van der Waals surface area (Å²) < 4.78 is 4.70. The molecule has 1 rings (SSSR count). The zero-order valence-electron chi connectivity index (χ0n) is 14.1. The number of ether oxygens (including phenoxy) is 1. The molecule has 0 radical (unpaired) electrons. The Kier molecular flexibility index (Phi) is 8.21. The quantitative estimate of drug-likeness (QED) is 0.164. The van der Waals surface area contributed by atoms with E-state index in [0.717, 1.165) is 5.56 Å². The molecule has 1 aromatic rings. The first-order valence-corrected chi connectivity index (χ1v) is 7.80. The molecule has 0 saturated carbocycles. The Morgan fingerprint density at radius 2 is 1.92 bits per heavy atom. The number of phenols is 1. The average Bonchev–Trinajstić information content (AvgIpc) is 2.58. The van der Waals surface area contributed by atoms with Gasteiger partial charge in [-0.05, 0) is 37.0 Å². The average molecular weight is 351 g/mol. The van der Waals surface area contributed by atoms with Gasteiger partial charge >= 0.3 is 5.97 Å². The number of aromatic hydroxyl groups is 1. The van der Waals surface area contributed by atoms with Crippen molar-refractivity contribution in [2.24, 2.45) is 22.2 Å². The summed E-state index contributed by atoms with van der Waals surface area (Å²) in [5, 5.41) is 11.8. The topological polar surface area (TPSA) is 166 Å². The monoisotopic (exact) mass is 351 g/mol. The van der Waals surface area contributed by atoms with Crippen molar-refractivity contribution in [2.75, 3.05) is 13.7 Å². The second-order valence-corrected chi connectivity index (χ2v) is 5.51. The highest BCUT2D eigenvalue weighted by molar-refractivity contribution is 5.87. The Morgan fingerprint density at radius 1 is 1.28 bits per heavy atom. The molecular formula is C16H25N5O4. The molecule has 8 N–H and O–H groups in total. The molecule has 9 nitrogen and oxygen atoms in total. The van der Waals surface area contributed by atoms with Crippen molar-refractivity contribution in [1.82, 2.24) is 5.32 Å². The van der Waals surface area contributed by atoms with E-state index < -0.39 is 24.0 Å². The fourth-order valence-corrected chi connectivity index (χ4v) is 2.15.